The van der Waals surface area contributed by atoms with Crippen molar-refractivity contribution in [2.45, 2.75) is 25.2 Å². The zero-order chi connectivity index (χ0) is 13.2. The highest BCUT2D eigenvalue weighted by Gasteiger charge is 2.37. The van der Waals surface area contributed by atoms with Crippen molar-refractivity contribution < 1.29 is 14.7 Å². The molecule has 0 spiro atoms. The molecule has 1 aliphatic carbocycles. The van der Waals surface area contributed by atoms with Gasteiger partial charge < -0.3 is 10.4 Å². The van der Waals surface area contributed by atoms with E-state index in [1.54, 1.807) is 31.2 Å². The van der Waals surface area contributed by atoms with E-state index in [-0.39, 0.29) is 18.4 Å². The average Bonchev–Trinajstić information content (AvgIpc) is 3.20. The van der Waals surface area contributed by atoms with Gasteiger partial charge in [0.05, 0.1) is 0 Å². The van der Waals surface area contributed by atoms with Gasteiger partial charge in [-0.1, -0.05) is 30.3 Å². The molecule has 1 amide bonds. The van der Waals surface area contributed by atoms with Gasteiger partial charge in [0.25, 0.3) is 0 Å². The molecule has 1 saturated carbocycles. The number of carboxylic acids is 1. The summed E-state index contributed by atoms with van der Waals surface area (Å²) in [5, 5.41) is 12.1. The number of nitrogens with one attached hydrogen (secondary N) is 1. The maximum Gasteiger partial charge on any atom is 0.315 e. The highest BCUT2D eigenvalue weighted by molar-refractivity contribution is 5.84. The molecule has 2 N–H and O–H groups in total. The van der Waals surface area contributed by atoms with Gasteiger partial charge >= 0.3 is 5.97 Å². The summed E-state index contributed by atoms with van der Waals surface area (Å²) >= 11 is 0. The van der Waals surface area contributed by atoms with E-state index < -0.39 is 11.4 Å². The van der Waals surface area contributed by atoms with Crippen LogP contribution in [0, 0.1) is 5.92 Å². The Hall–Kier alpha value is -1.84. The zero-order valence-corrected chi connectivity index (χ0v) is 10.3. The molecular weight excluding hydrogens is 230 g/mol. The summed E-state index contributed by atoms with van der Waals surface area (Å²) in [6.45, 7) is 1.76. The molecule has 2 rings (SSSR count). The first-order valence-corrected chi connectivity index (χ1v) is 6.10. The van der Waals surface area contributed by atoms with Crippen LogP contribution >= 0.6 is 0 Å². The van der Waals surface area contributed by atoms with Crippen molar-refractivity contribution in [1.29, 1.82) is 0 Å². The summed E-state index contributed by atoms with van der Waals surface area (Å²) in [6, 6.07) is 9.00. The van der Waals surface area contributed by atoms with Crippen LogP contribution in [-0.4, -0.2) is 23.5 Å². The van der Waals surface area contributed by atoms with Gasteiger partial charge in [0, 0.05) is 12.5 Å². The van der Waals surface area contributed by atoms with Gasteiger partial charge in [0.15, 0.2) is 0 Å². The maximum absolute atomic E-state index is 11.6. The minimum absolute atomic E-state index is 0.0293. The van der Waals surface area contributed by atoms with Crippen LogP contribution < -0.4 is 5.32 Å². The van der Waals surface area contributed by atoms with Gasteiger partial charge in [-0.15, -0.1) is 0 Å². The molecule has 0 bridgehead atoms. The lowest BCUT2D eigenvalue weighted by atomic mass is 9.82. The van der Waals surface area contributed by atoms with E-state index in [2.05, 4.69) is 5.32 Å². The predicted molar refractivity (Wildman–Crippen MR) is 67.2 cm³/mol. The van der Waals surface area contributed by atoms with Crippen LogP contribution in [0.3, 0.4) is 0 Å². The van der Waals surface area contributed by atoms with E-state index in [0.717, 1.165) is 12.8 Å². The molecule has 1 aromatic carbocycles. The number of carbonyl (C=O) groups is 2. The number of amides is 1. The first kappa shape index (κ1) is 12.6. The topological polar surface area (TPSA) is 66.4 Å². The van der Waals surface area contributed by atoms with Gasteiger partial charge in [-0.05, 0) is 25.3 Å². The number of hydrogen-bond donors (Lipinski definition) is 2. The van der Waals surface area contributed by atoms with E-state index >= 15 is 0 Å². The molecule has 0 aromatic heterocycles. The second kappa shape index (κ2) is 4.80. The number of carbonyl (C=O) groups excluding carboxylic acids is 1. The highest BCUT2D eigenvalue weighted by atomic mass is 16.4. The Morgan fingerprint density at radius 2 is 1.94 bits per heavy atom. The van der Waals surface area contributed by atoms with E-state index in [9.17, 15) is 14.7 Å². The molecule has 4 heteroatoms. The Kier molecular flexibility index (Phi) is 3.36. The van der Waals surface area contributed by atoms with Crippen LogP contribution in [0.25, 0.3) is 0 Å². The molecule has 1 atom stereocenters. The molecule has 0 heterocycles. The smallest absolute Gasteiger partial charge is 0.315 e. The Morgan fingerprint density at radius 1 is 1.33 bits per heavy atom. The molecule has 4 nitrogen and oxygen atoms in total. The minimum atomic E-state index is -1.08. The van der Waals surface area contributed by atoms with Gasteiger partial charge in [-0.3, -0.25) is 9.59 Å². The number of carboxylic acid groups (broad SMARTS) is 1. The summed E-state index contributed by atoms with van der Waals surface area (Å²) in [5.74, 6) is -0.859. The fraction of sp³-hybridized carbons (Fsp3) is 0.429. The van der Waals surface area contributed by atoms with Crippen LogP contribution in [0.5, 0.6) is 0 Å². The van der Waals surface area contributed by atoms with E-state index in [1.807, 2.05) is 6.07 Å². The van der Waals surface area contributed by atoms with Gasteiger partial charge in [-0.25, -0.2) is 0 Å². The summed E-state index contributed by atoms with van der Waals surface area (Å²) in [4.78, 5) is 23.1. The van der Waals surface area contributed by atoms with Crippen molar-refractivity contribution in [3.8, 4) is 0 Å². The fourth-order valence-electron chi connectivity index (χ4n) is 1.86. The Bertz CT molecular complexity index is 453. The molecule has 1 aliphatic rings. The highest BCUT2D eigenvalue weighted by Crippen LogP contribution is 2.29. The average molecular weight is 247 g/mol. The molecule has 0 radical (unpaired) electrons. The van der Waals surface area contributed by atoms with Crippen molar-refractivity contribution in [3.05, 3.63) is 35.9 Å². The van der Waals surface area contributed by atoms with Crippen LogP contribution in [0.2, 0.25) is 0 Å². The Morgan fingerprint density at radius 3 is 2.44 bits per heavy atom. The fourth-order valence-corrected chi connectivity index (χ4v) is 1.86. The predicted octanol–water partition coefficient (Wildman–Crippen LogP) is 1.56. The minimum Gasteiger partial charge on any atom is -0.481 e. The van der Waals surface area contributed by atoms with Gasteiger partial charge in [0.2, 0.25) is 5.91 Å². The molecule has 1 fully saturated rings. The third-order valence-corrected chi connectivity index (χ3v) is 3.45. The lowest BCUT2D eigenvalue weighted by Gasteiger charge is -2.25. The van der Waals surface area contributed by atoms with Crippen LogP contribution in [0.1, 0.15) is 25.3 Å². The second-order valence-electron chi connectivity index (χ2n) is 5.00. The molecule has 0 aliphatic heterocycles. The van der Waals surface area contributed by atoms with Crippen molar-refractivity contribution in [1.82, 2.24) is 5.32 Å². The Balaban J connectivity index is 2.11. The van der Waals surface area contributed by atoms with E-state index in [0.29, 0.717) is 5.56 Å². The van der Waals surface area contributed by atoms with Crippen molar-refractivity contribution >= 4 is 11.9 Å². The van der Waals surface area contributed by atoms with Crippen molar-refractivity contribution in [2.75, 3.05) is 6.54 Å². The van der Waals surface area contributed by atoms with Crippen LogP contribution in [0.4, 0.5) is 0 Å². The van der Waals surface area contributed by atoms with Crippen LogP contribution in [-0.2, 0) is 15.0 Å². The quantitative estimate of drug-likeness (QED) is 0.829. The number of rotatable bonds is 5. The summed E-state index contributed by atoms with van der Waals surface area (Å²) in [5.41, 5.74) is -0.375. The number of hydrogen-bond acceptors (Lipinski definition) is 2. The number of benzene rings is 1. The third kappa shape index (κ3) is 2.53. The van der Waals surface area contributed by atoms with E-state index in [1.165, 1.54) is 0 Å². The second-order valence-corrected chi connectivity index (χ2v) is 5.00. The lowest BCUT2D eigenvalue weighted by molar-refractivity contribution is -0.143. The first-order chi connectivity index (χ1) is 8.54. The molecular formula is C14H17NO3. The Labute approximate surface area is 106 Å². The molecule has 18 heavy (non-hydrogen) atoms. The summed E-state index contributed by atoms with van der Waals surface area (Å²) in [7, 11) is 0. The van der Waals surface area contributed by atoms with Gasteiger partial charge in [-0.2, -0.15) is 0 Å². The standard InChI is InChI=1S/C14H17NO3/c1-14(13(17)18,11-5-3-2-4-6-11)9-15-12(16)10-7-8-10/h2-6,10H,7-9H2,1H3,(H,15,16)(H,17,18). The van der Waals surface area contributed by atoms with Crippen molar-refractivity contribution in [2.24, 2.45) is 5.92 Å². The van der Waals surface area contributed by atoms with E-state index in [4.69, 9.17) is 0 Å². The molecule has 96 valence electrons. The van der Waals surface area contributed by atoms with Crippen molar-refractivity contribution in [3.63, 3.8) is 0 Å². The summed E-state index contributed by atoms with van der Waals surface area (Å²) in [6.07, 6.45) is 1.84. The molecule has 0 saturated heterocycles. The monoisotopic (exact) mass is 247 g/mol. The number of aliphatic carboxylic acids is 1. The largest absolute Gasteiger partial charge is 0.481 e. The van der Waals surface area contributed by atoms with Crippen LogP contribution in [0.15, 0.2) is 30.3 Å². The normalized spacial score (nSPS) is 17.8. The first-order valence-electron chi connectivity index (χ1n) is 6.10. The maximum atomic E-state index is 11.6. The lowest BCUT2D eigenvalue weighted by Crippen LogP contribution is -2.44. The SMILES string of the molecule is CC(CNC(=O)C1CC1)(C(=O)O)c1ccccc1. The molecule has 1 unspecified atom stereocenters. The van der Waals surface area contributed by atoms with Gasteiger partial charge in [0.1, 0.15) is 5.41 Å². The summed E-state index contributed by atoms with van der Waals surface area (Å²) < 4.78 is 0. The zero-order valence-electron chi connectivity index (χ0n) is 10.3. The molecule has 1 aromatic rings. The third-order valence-electron chi connectivity index (χ3n) is 3.45.